The second-order valence-corrected chi connectivity index (χ2v) is 5.92. The number of rotatable bonds is 3. The number of nitrogens with two attached hydrogens (primary N) is 1. The summed E-state index contributed by atoms with van der Waals surface area (Å²) in [5.41, 5.74) is 6.71. The molecule has 1 fully saturated rings. The third-order valence-electron chi connectivity index (χ3n) is 3.41. The second-order valence-electron chi connectivity index (χ2n) is 4.84. The standard InChI is InChI=1S/C12H18IN3O/c1-7(2)9-8(13)10(14)16-11(15-9)12(17-3)5-4-6-12/h7H,4-6H2,1-3H3,(H2,14,15,16). The van der Waals surface area contributed by atoms with Crippen molar-refractivity contribution in [3.63, 3.8) is 0 Å². The molecule has 0 saturated heterocycles. The van der Waals surface area contributed by atoms with Crippen LogP contribution >= 0.6 is 22.6 Å². The fourth-order valence-electron chi connectivity index (χ4n) is 2.09. The Morgan fingerprint density at radius 3 is 2.41 bits per heavy atom. The fraction of sp³-hybridized carbons (Fsp3) is 0.667. The normalized spacial score (nSPS) is 18.2. The molecule has 17 heavy (non-hydrogen) atoms. The van der Waals surface area contributed by atoms with Gasteiger partial charge in [-0.25, -0.2) is 9.97 Å². The number of methoxy groups -OCH3 is 1. The molecule has 1 aromatic heterocycles. The van der Waals surface area contributed by atoms with Crippen molar-refractivity contribution in [2.24, 2.45) is 0 Å². The van der Waals surface area contributed by atoms with Crippen LogP contribution in [0.2, 0.25) is 0 Å². The first-order chi connectivity index (χ1) is 8.00. The topological polar surface area (TPSA) is 61.0 Å². The number of anilines is 1. The molecule has 1 aromatic rings. The monoisotopic (exact) mass is 347 g/mol. The van der Waals surface area contributed by atoms with Gasteiger partial charge >= 0.3 is 0 Å². The van der Waals surface area contributed by atoms with Crippen LogP contribution in [0, 0.1) is 3.57 Å². The van der Waals surface area contributed by atoms with E-state index < -0.39 is 0 Å². The van der Waals surface area contributed by atoms with Gasteiger partial charge in [0, 0.05) is 7.11 Å². The van der Waals surface area contributed by atoms with Crippen LogP contribution in [-0.2, 0) is 10.3 Å². The van der Waals surface area contributed by atoms with E-state index in [4.69, 9.17) is 10.5 Å². The first kappa shape index (κ1) is 13.0. The van der Waals surface area contributed by atoms with Gasteiger partial charge in [0.25, 0.3) is 0 Å². The molecule has 2 N–H and O–H groups in total. The summed E-state index contributed by atoms with van der Waals surface area (Å²) < 4.78 is 6.57. The number of halogens is 1. The molecule has 0 bridgehead atoms. The minimum absolute atomic E-state index is 0.290. The zero-order valence-corrected chi connectivity index (χ0v) is 12.6. The lowest BCUT2D eigenvalue weighted by Gasteiger charge is -2.39. The highest BCUT2D eigenvalue weighted by Gasteiger charge is 2.42. The predicted molar refractivity (Wildman–Crippen MR) is 75.8 cm³/mol. The smallest absolute Gasteiger partial charge is 0.162 e. The largest absolute Gasteiger partial charge is 0.383 e. The van der Waals surface area contributed by atoms with E-state index in [1.54, 1.807) is 7.11 Å². The van der Waals surface area contributed by atoms with Gasteiger partial charge < -0.3 is 10.5 Å². The maximum Gasteiger partial charge on any atom is 0.162 e. The van der Waals surface area contributed by atoms with Gasteiger partial charge in [-0.2, -0.15) is 0 Å². The van der Waals surface area contributed by atoms with Crippen LogP contribution < -0.4 is 5.73 Å². The quantitative estimate of drug-likeness (QED) is 0.855. The van der Waals surface area contributed by atoms with Crippen molar-refractivity contribution < 1.29 is 4.74 Å². The zero-order chi connectivity index (χ0) is 12.6. The second kappa shape index (κ2) is 4.68. The van der Waals surface area contributed by atoms with Gasteiger partial charge in [0.1, 0.15) is 11.4 Å². The van der Waals surface area contributed by atoms with Crippen LogP contribution in [0.3, 0.4) is 0 Å². The summed E-state index contributed by atoms with van der Waals surface area (Å²) in [6.07, 6.45) is 3.14. The molecule has 5 heteroatoms. The predicted octanol–water partition coefficient (Wildman–Crippen LogP) is 2.81. The lowest BCUT2D eigenvalue weighted by Crippen LogP contribution is -2.38. The van der Waals surface area contributed by atoms with Gasteiger partial charge in [-0.15, -0.1) is 0 Å². The van der Waals surface area contributed by atoms with Crippen LogP contribution in [0.5, 0.6) is 0 Å². The molecule has 1 saturated carbocycles. The summed E-state index contributed by atoms with van der Waals surface area (Å²) in [6, 6.07) is 0. The van der Waals surface area contributed by atoms with Crippen molar-refractivity contribution in [1.82, 2.24) is 9.97 Å². The fourth-order valence-corrected chi connectivity index (χ4v) is 2.95. The van der Waals surface area contributed by atoms with Crippen molar-refractivity contribution in [2.75, 3.05) is 12.8 Å². The van der Waals surface area contributed by atoms with Gasteiger partial charge in [-0.05, 0) is 47.8 Å². The van der Waals surface area contributed by atoms with Gasteiger partial charge in [0.15, 0.2) is 5.82 Å². The zero-order valence-electron chi connectivity index (χ0n) is 10.5. The maximum absolute atomic E-state index is 5.98. The molecule has 4 nitrogen and oxygen atoms in total. The average molecular weight is 347 g/mol. The van der Waals surface area contributed by atoms with Gasteiger partial charge in [-0.3, -0.25) is 0 Å². The third kappa shape index (κ3) is 2.14. The molecule has 0 unspecified atom stereocenters. The van der Waals surface area contributed by atoms with E-state index >= 15 is 0 Å². The average Bonchev–Trinajstić information content (AvgIpc) is 2.21. The summed E-state index contributed by atoms with van der Waals surface area (Å²) in [5.74, 6) is 1.68. The molecule has 0 radical (unpaired) electrons. The Labute approximate surface area is 115 Å². The summed E-state index contributed by atoms with van der Waals surface area (Å²) in [5, 5.41) is 0. The van der Waals surface area contributed by atoms with Crippen LogP contribution in [0.15, 0.2) is 0 Å². The molecule has 0 aromatic carbocycles. The van der Waals surface area contributed by atoms with Gasteiger partial charge in [-0.1, -0.05) is 13.8 Å². The lowest BCUT2D eigenvalue weighted by atomic mass is 9.79. The maximum atomic E-state index is 5.98. The molecule has 0 aliphatic heterocycles. The summed E-state index contributed by atoms with van der Waals surface area (Å²) in [7, 11) is 1.73. The summed E-state index contributed by atoms with van der Waals surface area (Å²) in [4.78, 5) is 9.09. The Balaban J connectivity index is 2.49. The molecular weight excluding hydrogens is 329 g/mol. The van der Waals surface area contributed by atoms with Crippen molar-refractivity contribution in [3.05, 3.63) is 15.1 Å². The Morgan fingerprint density at radius 2 is 2.00 bits per heavy atom. The minimum Gasteiger partial charge on any atom is -0.383 e. The molecule has 1 aliphatic carbocycles. The van der Waals surface area contributed by atoms with Crippen LogP contribution in [0.25, 0.3) is 0 Å². The SMILES string of the molecule is COC1(c2nc(N)c(I)c(C(C)C)n2)CCC1. The Morgan fingerprint density at radius 1 is 1.35 bits per heavy atom. The molecule has 0 atom stereocenters. The van der Waals surface area contributed by atoms with E-state index in [0.717, 1.165) is 27.9 Å². The lowest BCUT2D eigenvalue weighted by molar-refractivity contribution is -0.0847. The molecule has 2 rings (SSSR count). The van der Waals surface area contributed by atoms with Gasteiger partial charge in [0.05, 0.1) is 9.26 Å². The third-order valence-corrected chi connectivity index (χ3v) is 4.51. The molecule has 0 amide bonds. The summed E-state index contributed by atoms with van der Waals surface area (Å²) >= 11 is 2.22. The van der Waals surface area contributed by atoms with Crippen LogP contribution in [0.4, 0.5) is 5.82 Å². The van der Waals surface area contributed by atoms with Crippen LogP contribution in [-0.4, -0.2) is 17.1 Å². The highest BCUT2D eigenvalue weighted by Crippen LogP contribution is 2.43. The number of ether oxygens (including phenoxy) is 1. The van der Waals surface area contributed by atoms with E-state index in [1.807, 2.05) is 0 Å². The number of hydrogen-bond acceptors (Lipinski definition) is 4. The first-order valence-electron chi connectivity index (χ1n) is 5.88. The van der Waals surface area contributed by atoms with E-state index in [1.165, 1.54) is 6.42 Å². The van der Waals surface area contributed by atoms with E-state index in [0.29, 0.717) is 11.7 Å². The molecular formula is C12H18IN3O. The number of nitrogens with zero attached hydrogens (tertiary/aromatic N) is 2. The first-order valence-corrected chi connectivity index (χ1v) is 6.96. The molecule has 1 aliphatic rings. The highest BCUT2D eigenvalue weighted by atomic mass is 127. The van der Waals surface area contributed by atoms with Crippen molar-refractivity contribution >= 4 is 28.4 Å². The van der Waals surface area contributed by atoms with Crippen LogP contribution in [0.1, 0.15) is 50.5 Å². The minimum atomic E-state index is -0.290. The van der Waals surface area contributed by atoms with Crippen molar-refractivity contribution in [3.8, 4) is 0 Å². The van der Waals surface area contributed by atoms with Crippen molar-refractivity contribution in [2.45, 2.75) is 44.6 Å². The number of aromatic nitrogens is 2. The Hall–Kier alpha value is -0.430. The molecule has 0 spiro atoms. The van der Waals surface area contributed by atoms with E-state index in [9.17, 15) is 0 Å². The van der Waals surface area contributed by atoms with Crippen molar-refractivity contribution in [1.29, 1.82) is 0 Å². The Kier molecular flexibility index (Phi) is 3.58. The summed E-state index contributed by atoms with van der Waals surface area (Å²) in [6.45, 7) is 4.24. The molecule has 94 valence electrons. The van der Waals surface area contributed by atoms with E-state index in [2.05, 4.69) is 46.4 Å². The van der Waals surface area contributed by atoms with Gasteiger partial charge in [0.2, 0.25) is 0 Å². The van der Waals surface area contributed by atoms with E-state index in [-0.39, 0.29) is 5.60 Å². The number of hydrogen-bond donors (Lipinski definition) is 1. The molecule has 1 heterocycles. The Bertz CT molecular complexity index is 424. The highest BCUT2D eigenvalue weighted by molar-refractivity contribution is 14.1. The number of nitrogen functional groups attached to an aromatic ring is 1.